The van der Waals surface area contributed by atoms with Crippen LogP contribution in [0.2, 0.25) is 0 Å². The molecule has 0 radical (unpaired) electrons. The maximum atomic E-state index is 14.5. The van der Waals surface area contributed by atoms with E-state index in [0.717, 1.165) is 36.4 Å². The number of phenolic OH excluding ortho intramolecular Hbond substituents is 4. The van der Waals surface area contributed by atoms with Crippen molar-refractivity contribution in [3.05, 3.63) is 76.5 Å². The van der Waals surface area contributed by atoms with Gasteiger partial charge in [0, 0.05) is 23.8 Å². The highest BCUT2D eigenvalue weighted by Gasteiger charge is 2.53. The molecule has 66 heavy (non-hydrogen) atoms. The number of benzene rings is 3. The number of aliphatic hydroxyl groups is 10. The second kappa shape index (κ2) is 20.0. The number of carbonyl (C=O) groups excluding carboxylic acids is 1. The van der Waals surface area contributed by atoms with Gasteiger partial charge in [-0.05, 0) is 48.0 Å². The molecule has 0 aliphatic carbocycles. The lowest BCUT2D eigenvalue weighted by Crippen LogP contribution is -2.65. The van der Waals surface area contributed by atoms with Crippen molar-refractivity contribution in [2.24, 2.45) is 0 Å². The summed E-state index contributed by atoms with van der Waals surface area (Å²) in [6.45, 7) is -2.67. The van der Waals surface area contributed by atoms with Crippen LogP contribution in [-0.4, -0.2) is 189 Å². The molecule has 3 aliphatic heterocycles. The molecule has 3 saturated heterocycles. The van der Waals surface area contributed by atoms with Gasteiger partial charge in [0.05, 0.1) is 19.8 Å². The van der Waals surface area contributed by atoms with E-state index in [-0.39, 0.29) is 22.6 Å². The van der Waals surface area contributed by atoms with Gasteiger partial charge in [-0.1, -0.05) is 6.07 Å². The van der Waals surface area contributed by atoms with Gasteiger partial charge >= 0.3 is 5.97 Å². The highest BCUT2D eigenvalue weighted by atomic mass is 16.8. The highest BCUT2D eigenvalue weighted by molar-refractivity contribution is 5.89. The van der Waals surface area contributed by atoms with Crippen LogP contribution < -0.4 is 14.9 Å². The van der Waals surface area contributed by atoms with Crippen LogP contribution in [0.3, 0.4) is 0 Å². The molecule has 0 bridgehead atoms. The molecule has 3 fully saturated rings. The van der Waals surface area contributed by atoms with Gasteiger partial charge in [0.1, 0.15) is 89.3 Å². The lowest BCUT2D eigenvalue weighted by atomic mass is 9.97. The smallest absolute Gasteiger partial charge is 0.331 e. The Morgan fingerprint density at radius 1 is 0.606 bits per heavy atom. The van der Waals surface area contributed by atoms with E-state index in [1.54, 1.807) is 0 Å². The molecular formula is C42H46O24. The zero-order chi connectivity index (χ0) is 47.7. The third kappa shape index (κ3) is 9.73. The number of aliphatic hydroxyl groups excluding tert-OH is 10. The fraction of sp³-hybridized carbons (Fsp3) is 0.429. The lowest BCUT2D eigenvalue weighted by molar-refractivity contribution is -0.358. The molecule has 24 nitrogen and oxygen atoms in total. The fourth-order valence-corrected chi connectivity index (χ4v) is 7.37. The topological polar surface area (TPSA) is 395 Å². The number of esters is 1. The molecule has 1 aromatic heterocycles. The average molecular weight is 935 g/mol. The van der Waals surface area contributed by atoms with E-state index in [0.29, 0.717) is 0 Å². The summed E-state index contributed by atoms with van der Waals surface area (Å²) in [7, 11) is 0. The number of ether oxygens (including phenoxy) is 7. The Bertz CT molecular complexity index is 2420. The van der Waals surface area contributed by atoms with E-state index in [9.17, 15) is 81.1 Å². The SMILES string of the molecule is O=C(/C=C/c1ccc(O)c(O)c1)O[C@H]1[C@H](O[C@@H]2[C@H](Oc3c(-c4ccc(O)cc4)oc4cc(O[C@@H]5O[C@@H](CO)[C@@H](O)[C@H](O)[C@H]5O)cc(O)c4c3=O)O[C@H](CO)[C@@H](O)[C@@H]2O)O[C@@H](CO)[C@@H](O)[C@H]1O. The Morgan fingerprint density at radius 2 is 1.20 bits per heavy atom. The second-order valence-electron chi connectivity index (χ2n) is 15.4. The molecule has 24 heteroatoms. The number of fused-ring (bicyclic) bond motifs is 1. The van der Waals surface area contributed by atoms with Gasteiger partial charge in [0.2, 0.25) is 23.8 Å². The third-order valence-corrected chi connectivity index (χ3v) is 11.0. The van der Waals surface area contributed by atoms with Gasteiger partial charge in [-0.2, -0.15) is 0 Å². The minimum atomic E-state index is -2.13. The number of hydrogen-bond acceptors (Lipinski definition) is 24. The van der Waals surface area contributed by atoms with E-state index < -0.39 is 163 Å². The average Bonchev–Trinajstić information content (AvgIpc) is 3.29. The molecule has 4 heterocycles. The van der Waals surface area contributed by atoms with Crippen molar-refractivity contribution < 1.29 is 114 Å². The molecule has 0 unspecified atom stereocenters. The van der Waals surface area contributed by atoms with Gasteiger partial charge < -0.3 is 109 Å². The standard InChI is InChI=1S/C42H46O24/c43-12-23-28(51)32(55)35(58)40(61-23)59-18-10-21(49)27-22(11-18)60-36(16-3-5-17(46)6-4-16)37(31(27)54)65-42-39(34(57)30(53)25(14-45)63-42)66-41-38(33(56)29(52)24(13-44)62-41)64-26(50)8-2-15-1-7-19(47)20(48)9-15/h1-11,23-25,28-30,32-35,38-49,51-53,55-58H,12-14H2/b8-2+/t23-,24-,25+,28+,29+,30+,32-,33+,34-,35+,38+,39-,40+,41-,42-/m0/s1. The van der Waals surface area contributed by atoms with E-state index in [4.69, 9.17) is 37.6 Å². The maximum Gasteiger partial charge on any atom is 0.331 e. The number of carbonyl (C=O) groups is 1. The van der Waals surface area contributed by atoms with Crippen molar-refractivity contribution in [3.8, 4) is 45.8 Å². The maximum absolute atomic E-state index is 14.5. The quantitative estimate of drug-likeness (QED) is 0.0355. The van der Waals surface area contributed by atoms with Crippen LogP contribution >= 0.6 is 0 Å². The van der Waals surface area contributed by atoms with E-state index in [1.807, 2.05) is 0 Å². The van der Waals surface area contributed by atoms with Crippen molar-refractivity contribution >= 4 is 23.0 Å². The van der Waals surface area contributed by atoms with Gasteiger partial charge in [-0.3, -0.25) is 4.79 Å². The predicted molar refractivity (Wildman–Crippen MR) is 215 cm³/mol. The summed E-state index contributed by atoms with van der Waals surface area (Å²) >= 11 is 0. The number of phenols is 4. The van der Waals surface area contributed by atoms with E-state index in [2.05, 4.69) is 0 Å². The molecule has 3 aliphatic rings. The van der Waals surface area contributed by atoms with Crippen LogP contribution in [0.15, 0.2) is 69.9 Å². The molecule has 0 saturated carbocycles. The van der Waals surface area contributed by atoms with Crippen molar-refractivity contribution in [1.29, 1.82) is 0 Å². The number of hydrogen-bond donors (Lipinski definition) is 14. The van der Waals surface area contributed by atoms with Crippen LogP contribution in [0.25, 0.3) is 28.4 Å². The normalized spacial score (nSPS) is 32.6. The first kappa shape index (κ1) is 48.3. The zero-order valence-electron chi connectivity index (χ0n) is 34.0. The van der Waals surface area contributed by atoms with Crippen molar-refractivity contribution in [2.75, 3.05) is 19.8 Å². The molecule has 15 atom stereocenters. The minimum Gasteiger partial charge on any atom is -0.508 e. The third-order valence-electron chi connectivity index (χ3n) is 11.0. The van der Waals surface area contributed by atoms with Gasteiger partial charge in [0.25, 0.3) is 0 Å². The summed E-state index contributed by atoms with van der Waals surface area (Å²) in [5.41, 5.74) is -1.32. The molecule has 3 aromatic carbocycles. The summed E-state index contributed by atoms with van der Waals surface area (Å²) in [5, 5.41) is 145. The van der Waals surface area contributed by atoms with E-state index >= 15 is 0 Å². The van der Waals surface area contributed by atoms with Crippen LogP contribution in [0.1, 0.15) is 5.56 Å². The Labute approximate surface area is 370 Å². The molecule has 0 spiro atoms. The second-order valence-corrected chi connectivity index (χ2v) is 15.4. The molecule has 7 rings (SSSR count). The molecule has 358 valence electrons. The largest absolute Gasteiger partial charge is 0.508 e. The fourth-order valence-electron chi connectivity index (χ4n) is 7.37. The first-order valence-electron chi connectivity index (χ1n) is 20.0. The highest BCUT2D eigenvalue weighted by Crippen LogP contribution is 2.40. The van der Waals surface area contributed by atoms with Crippen LogP contribution in [0.5, 0.6) is 34.5 Å². The van der Waals surface area contributed by atoms with Crippen molar-refractivity contribution in [3.63, 3.8) is 0 Å². The number of aromatic hydroxyl groups is 4. The molecule has 14 N–H and O–H groups in total. The Hall–Kier alpha value is -5.68. The minimum absolute atomic E-state index is 0.0233. The molecule has 0 amide bonds. The summed E-state index contributed by atoms with van der Waals surface area (Å²) in [6, 6.07) is 10.5. The monoisotopic (exact) mass is 934 g/mol. The summed E-state index contributed by atoms with van der Waals surface area (Å²) in [5.74, 6) is -4.76. The van der Waals surface area contributed by atoms with Gasteiger partial charge in [-0.15, -0.1) is 0 Å². The summed E-state index contributed by atoms with van der Waals surface area (Å²) in [4.78, 5) is 27.5. The Morgan fingerprint density at radius 3 is 1.82 bits per heavy atom. The first-order valence-corrected chi connectivity index (χ1v) is 20.0. The van der Waals surface area contributed by atoms with Gasteiger partial charge in [-0.25, -0.2) is 4.79 Å². The predicted octanol–water partition coefficient (Wildman–Crippen LogP) is -3.27. The summed E-state index contributed by atoms with van der Waals surface area (Å²) in [6.07, 6.45) is -26.0. The zero-order valence-corrected chi connectivity index (χ0v) is 34.0. The Balaban J connectivity index is 1.25. The summed E-state index contributed by atoms with van der Waals surface area (Å²) < 4.78 is 45.9. The first-order chi connectivity index (χ1) is 31.4. The lowest BCUT2D eigenvalue weighted by Gasteiger charge is -2.46. The molecular weight excluding hydrogens is 888 g/mol. The van der Waals surface area contributed by atoms with Crippen LogP contribution in [-0.2, 0) is 28.5 Å². The van der Waals surface area contributed by atoms with E-state index in [1.165, 1.54) is 30.3 Å². The molecule has 4 aromatic rings. The van der Waals surface area contributed by atoms with Gasteiger partial charge in [0.15, 0.2) is 35.8 Å². The van der Waals surface area contributed by atoms with Crippen LogP contribution in [0, 0.1) is 0 Å². The van der Waals surface area contributed by atoms with Crippen molar-refractivity contribution in [2.45, 2.75) is 92.1 Å². The van der Waals surface area contributed by atoms with Crippen LogP contribution in [0.4, 0.5) is 0 Å². The number of rotatable bonds is 13. The Kier molecular flexibility index (Phi) is 14.7. The van der Waals surface area contributed by atoms with Crippen molar-refractivity contribution in [1.82, 2.24) is 0 Å².